The summed E-state index contributed by atoms with van der Waals surface area (Å²) in [6.45, 7) is 0.589. The number of aliphatic hydroxyl groups excluding tert-OH is 1. The van der Waals surface area contributed by atoms with Crippen LogP contribution in [-0.2, 0) is 0 Å². The Morgan fingerprint density at radius 1 is 1.26 bits per heavy atom. The van der Waals surface area contributed by atoms with Gasteiger partial charge < -0.3 is 10.0 Å². The maximum absolute atomic E-state index is 13.0. The second-order valence-electron chi connectivity index (χ2n) is 5.48. The maximum Gasteiger partial charge on any atom is 0.414 e. The normalized spacial score (nSPS) is 18.6. The highest BCUT2D eigenvalue weighted by Crippen LogP contribution is 2.33. The van der Waals surface area contributed by atoms with Crippen LogP contribution >= 0.6 is 0 Å². The summed E-state index contributed by atoms with van der Waals surface area (Å²) < 4.78 is 50.7. The standard InChI is InChI=1S/C16H16F4N2O/c17-13-3-1-11(2-4-13)14(5-8-21)22-9-6-12(7-10-22)15(23)16(18,19)20/h1-5,12,15,23H,6-7,9-10H2/b14-5+. The monoisotopic (exact) mass is 328 g/mol. The number of halogens is 4. The number of piperidine rings is 1. The lowest BCUT2D eigenvalue weighted by Gasteiger charge is -2.37. The third-order valence-electron chi connectivity index (χ3n) is 4.00. The third-order valence-corrected chi connectivity index (χ3v) is 4.00. The molecule has 23 heavy (non-hydrogen) atoms. The topological polar surface area (TPSA) is 47.3 Å². The molecule has 1 N–H and O–H groups in total. The first-order valence-corrected chi connectivity index (χ1v) is 7.18. The number of hydrogen-bond acceptors (Lipinski definition) is 3. The smallest absolute Gasteiger partial charge is 0.383 e. The van der Waals surface area contributed by atoms with E-state index in [9.17, 15) is 22.7 Å². The quantitative estimate of drug-likeness (QED) is 0.684. The van der Waals surface area contributed by atoms with Crippen molar-refractivity contribution >= 4 is 5.70 Å². The van der Waals surface area contributed by atoms with Gasteiger partial charge in [0, 0.05) is 19.2 Å². The van der Waals surface area contributed by atoms with Crippen LogP contribution in [0, 0.1) is 23.1 Å². The Kier molecular flexibility index (Phi) is 5.26. The molecule has 1 aliphatic rings. The molecule has 0 radical (unpaired) electrons. The highest BCUT2D eigenvalue weighted by Gasteiger charge is 2.44. The van der Waals surface area contributed by atoms with Crippen molar-refractivity contribution < 1.29 is 22.7 Å². The highest BCUT2D eigenvalue weighted by molar-refractivity contribution is 5.66. The lowest BCUT2D eigenvalue weighted by atomic mass is 9.90. The van der Waals surface area contributed by atoms with E-state index in [1.807, 2.05) is 6.07 Å². The number of likely N-dealkylation sites (tertiary alicyclic amines) is 1. The van der Waals surface area contributed by atoms with E-state index in [2.05, 4.69) is 0 Å². The van der Waals surface area contributed by atoms with Crippen LogP contribution in [0.3, 0.4) is 0 Å². The summed E-state index contributed by atoms with van der Waals surface area (Å²) in [6.07, 6.45) is -5.29. The molecule has 0 aromatic heterocycles. The Morgan fingerprint density at radius 3 is 2.30 bits per heavy atom. The average molecular weight is 328 g/mol. The number of alkyl halides is 3. The molecule has 0 saturated carbocycles. The molecule has 124 valence electrons. The number of rotatable bonds is 3. The summed E-state index contributed by atoms with van der Waals surface area (Å²) in [5.41, 5.74) is 1.18. The fraction of sp³-hybridized carbons (Fsp3) is 0.438. The van der Waals surface area contributed by atoms with Crippen LogP contribution in [0.2, 0.25) is 0 Å². The molecule has 1 saturated heterocycles. The van der Waals surface area contributed by atoms with Crippen molar-refractivity contribution in [3.63, 3.8) is 0 Å². The van der Waals surface area contributed by atoms with Crippen molar-refractivity contribution in [2.45, 2.75) is 25.1 Å². The van der Waals surface area contributed by atoms with Crippen LogP contribution in [0.1, 0.15) is 18.4 Å². The number of allylic oxidation sites excluding steroid dienone is 1. The van der Waals surface area contributed by atoms with Gasteiger partial charge in [-0.25, -0.2) is 4.39 Å². The molecule has 7 heteroatoms. The van der Waals surface area contributed by atoms with Crippen LogP contribution in [0.4, 0.5) is 17.6 Å². The lowest BCUT2D eigenvalue weighted by Crippen LogP contribution is -2.42. The summed E-state index contributed by atoms with van der Waals surface area (Å²) in [5, 5.41) is 18.2. The van der Waals surface area contributed by atoms with Gasteiger partial charge in [0.25, 0.3) is 0 Å². The van der Waals surface area contributed by atoms with E-state index >= 15 is 0 Å². The van der Waals surface area contributed by atoms with Crippen LogP contribution in [0.15, 0.2) is 30.3 Å². The van der Waals surface area contributed by atoms with Gasteiger partial charge in [0.1, 0.15) is 5.82 Å². The van der Waals surface area contributed by atoms with Gasteiger partial charge in [0.2, 0.25) is 0 Å². The first-order chi connectivity index (χ1) is 10.8. The third kappa shape index (κ3) is 4.23. The van der Waals surface area contributed by atoms with E-state index in [0.29, 0.717) is 24.4 Å². The van der Waals surface area contributed by atoms with E-state index in [-0.39, 0.29) is 12.8 Å². The van der Waals surface area contributed by atoms with Gasteiger partial charge in [-0.1, -0.05) is 0 Å². The molecule has 2 rings (SSSR count). The van der Waals surface area contributed by atoms with Crippen molar-refractivity contribution in [2.24, 2.45) is 5.92 Å². The average Bonchev–Trinajstić information content (AvgIpc) is 2.52. The number of benzene rings is 1. The molecule has 3 nitrogen and oxygen atoms in total. The Balaban J connectivity index is 2.09. The predicted molar refractivity (Wildman–Crippen MR) is 76.3 cm³/mol. The second-order valence-corrected chi connectivity index (χ2v) is 5.48. The maximum atomic E-state index is 13.0. The summed E-state index contributed by atoms with van der Waals surface area (Å²) in [7, 11) is 0. The predicted octanol–water partition coefficient (Wildman–Crippen LogP) is 3.33. The fourth-order valence-corrected chi connectivity index (χ4v) is 2.76. The summed E-state index contributed by atoms with van der Waals surface area (Å²) in [4.78, 5) is 1.79. The zero-order valence-corrected chi connectivity index (χ0v) is 12.2. The van der Waals surface area contributed by atoms with Crippen LogP contribution in [0.5, 0.6) is 0 Å². The number of nitrogens with zero attached hydrogens (tertiary/aromatic N) is 2. The van der Waals surface area contributed by atoms with E-state index in [4.69, 9.17) is 5.26 Å². The van der Waals surface area contributed by atoms with Crippen molar-refractivity contribution in [1.82, 2.24) is 4.90 Å². The van der Waals surface area contributed by atoms with Gasteiger partial charge in [-0.15, -0.1) is 0 Å². The van der Waals surface area contributed by atoms with Gasteiger partial charge in [-0.05, 0) is 48.6 Å². The summed E-state index contributed by atoms with van der Waals surface area (Å²) in [5.74, 6) is -1.25. The molecule has 1 aromatic carbocycles. The zero-order valence-electron chi connectivity index (χ0n) is 12.2. The molecular formula is C16H16F4N2O. The lowest BCUT2D eigenvalue weighted by molar-refractivity contribution is -0.222. The molecule has 0 bridgehead atoms. The number of hydrogen-bond donors (Lipinski definition) is 1. The molecule has 1 fully saturated rings. The number of nitriles is 1. The molecular weight excluding hydrogens is 312 g/mol. The largest absolute Gasteiger partial charge is 0.414 e. The van der Waals surface area contributed by atoms with Gasteiger partial charge in [0.05, 0.1) is 11.8 Å². The molecule has 1 aromatic rings. The summed E-state index contributed by atoms with van der Waals surface area (Å²) in [6, 6.07) is 7.48. The minimum atomic E-state index is -4.62. The SMILES string of the molecule is N#C/C=C(\c1ccc(F)cc1)N1CCC(C(O)C(F)(F)F)CC1. The van der Waals surface area contributed by atoms with Crippen molar-refractivity contribution in [3.8, 4) is 6.07 Å². The van der Waals surface area contributed by atoms with Crippen LogP contribution < -0.4 is 0 Å². The molecule has 1 aliphatic heterocycles. The van der Waals surface area contributed by atoms with Gasteiger partial charge in [-0.3, -0.25) is 0 Å². The van der Waals surface area contributed by atoms with E-state index < -0.39 is 24.0 Å². The molecule has 1 unspecified atom stereocenters. The molecule has 0 aliphatic carbocycles. The van der Waals surface area contributed by atoms with Crippen molar-refractivity contribution in [1.29, 1.82) is 5.26 Å². The van der Waals surface area contributed by atoms with Crippen LogP contribution in [-0.4, -0.2) is 35.4 Å². The first-order valence-electron chi connectivity index (χ1n) is 7.18. The van der Waals surface area contributed by atoms with Crippen molar-refractivity contribution in [3.05, 3.63) is 41.7 Å². The number of aliphatic hydroxyl groups is 1. The minimum absolute atomic E-state index is 0.171. The second kappa shape index (κ2) is 7.01. The molecule has 1 atom stereocenters. The molecule has 0 spiro atoms. The van der Waals surface area contributed by atoms with Crippen LogP contribution in [0.25, 0.3) is 5.70 Å². The Labute approximate surface area is 131 Å². The molecule has 1 heterocycles. The van der Waals surface area contributed by atoms with E-state index in [1.165, 1.54) is 30.3 Å². The Morgan fingerprint density at radius 2 is 1.83 bits per heavy atom. The first kappa shape index (κ1) is 17.3. The van der Waals surface area contributed by atoms with E-state index in [0.717, 1.165) is 0 Å². The van der Waals surface area contributed by atoms with Gasteiger partial charge in [0.15, 0.2) is 6.10 Å². The van der Waals surface area contributed by atoms with Gasteiger partial charge >= 0.3 is 6.18 Å². The molecule has 0 amide bonds. The minimum Gasteiger partial charge on any atom is -0.383 e. The fourth-order valence-electron chi connectivity index (χ4n) is 2.76. The van der Waals surface area contributed by atoms with Crippen molar-refractivity contribution in [2.75, 3.05) is 13.1 Å². The zero-order chi connectivity index (χ0) is 17.0. The van der Waals surface area contributed by atoms with E-state index in [1.54, 1.807) is 4.90 Å². The Bertz CT molecular complexity index is 596. The highest BCUT2D eigenvalue weighted by atomic mass is 19.4. The Hall–Kier alpha value is -2.07. The van der Waals surface area contributed by atoms with Gasteiger partial charge in [-0.2, -0.15) is 18.4 Å². The summed E-state index contributed by atoms with van der Waals surface area (Å²) >= 11 is 0.